The van der Waals surface area contributed by atoms with Gasteiger partial charge in [0.25, 0.3) is 0 Å². The summed E-state index contributed by atoms with van der Waals surface area (Å²) in [5.41, 5.74) is 7.24. The number of benzene rings is 2. The molecule has 19 heavy (non-hydrogen) atoms. The van der Waals surface area contributed by atoms with E-state index in [4.69, 9.17) is 22.1 Å². The molecule has 5 heteroatoms. The van der Waals surface area contributed by atoms with Crippen molar-refractivity contribution in [2.45, 2.75) is 6.61 Å². The van der Waals surface area contributed by atoms with Crippen LogP contribution >= 0.6 is 27.5 Å². The number of ether oxygens (including phenoxy) is 1. The molecule has 2 N–H and O–H groups in total. The van der Waals surface area contributed by atoms with Crippen LogP contribution in [0.25, 0.3) is 0 Å². The highest BCUT2D eigenvalue weighted by Crippen LogP contribution is 2.21. The Balaban J connectivity index is 2.08. The molecule has 0 unspecified atom stereocenters. The molecule has 2 aromatic rings. The standard InChI is InChI=1S/C14H11BrClNO2/c15-12-4-2-1-3-9(12)8-19-14(18)11-6-5-10(16)7-13(11)17/h1-7H,8,17H2. The molecular formula is C14H11BrClNO2. The van der Waals surface area contributed by atoms with E-state index in [9.17, 15) is 4.79 Å². The fraction of sp³-hybridized carbons (Fsp3) is 0.0714. The van der Waals surface area contributed by atoms with Gasteiger partial charge in [0.05, 0.1) is 5.56 Å². The van der Waals surface area contributed by atoms with Crippen LogP contribution in [-0.4, -0.2) is 5.97 Å². The van der Waals surface area contributed by atoms with E-state index in [0.29, 0.717) is 16.3 Å². The Bertz CT molecular complexity index is 616. The van der Waals surface area contributed by atoms with E-state index in [1.54, 1.807) is 12.1 Å². The van der Waals surface area contributed by atoms with Gasteiger partial charge in [-0.05, 0) is 24.3 Å². The number of anilines is 1. The first-order valence-electron chi connectivity index (χ1n) is 5.53. The molecular weight excluding hydrogens is 330 g/mol. The Morgan fingerprint density at radius 1 is 1.26 bits per heavy atom. The lowest BCUT2D eigenvalue weighted by Gasteiger charge is -2.08. The molecule has 0 aromatic heterocycles. The maximum atomic E-state index is 11.9. The number of carbonyl (C=O) groups excluding carboxylic acids is 1. The number of carbonyl (C=O) groups is 1. The summed E-state index contributed by atoms with van der Waals surface area (Å²) in [5, 5.41) is 0.486. The van der Waals surface area contributed by atoms with Gasteiger partial charge in [0.1, 0.15) is 6.61 Å². The van der Waals surface area contributed by atoms with E-state index in [1.165, 1.54) is 6.07 Å². The first kappa shape index (κ1) is 13.9. The lowest BCUT2D eigenvalue weighted by atomic mass is 10.2. The second kappa shape index (κ2) is 6.08. The topological polar surface area (TPSA) is 52.3 Å². The Morgan fingerprint density at radius 2 is 2.00 bits per heavy atom. The molecule has 0 fully saturated rings. The number of hydrogen-bond acceptors (Lipinski definition) is 3. The van der Waals surface area contributed by atoms with Crippen molar-refractivity contribution in [2.75, 3.05) is 5.73 Å². The average molecular weight is 341 g/mol. The normalized spacial score (nSPS) is 10.2. The van der Waals surface area contributed by atoms with E-state index >= 15 is 0 Å². The summed E-state index contributed by atoms with van der Waals surface area (Å²) in [5.74, 6) is -0.468. The van der Waals surface area contributed by atoms with Crippen molar-refractivity contribution in [3.05, 3.63) is 63.1 Å². The van der Waals surface area contributed by atoms with Crippen LogP contribution in [0.1, 0.15) is 15.9 Å². The van der Waals surface area contributed by atoms with Crippen molar-refractivity contribution in [3.63, 3.8) is 0 Å². The highest BCUT2D eigenvalue weighted by Gasteiger charge is 2.12. The summed E-state index contributed by atoms with van der Waals surface area (Å²) in [7, 11) is 0. The van der Waals surface area contributed by atoms with Crippen molar-refractivity contribution in [2.24, 2.45) is 0 Å². The summed E-state index contributed by atoms with van der Waals surface area (Å²) >= 11 is 9.17. The van der Waals surface area contributed by atoms with Crippen LogP contribution in [0, 0.1) is 0 Å². The molecule has 98 valence electrons. The predicted octanol–water partition coefficient (Wildman–Crippen LogP) is 4.04. The molecule has 0 spiro atoms. The highest BCUT2D eigenvalue weighted by atomic mass is 79.9. The number of nitrogens with two attached hydrogens (primary N) is 1. The molecule has 0 atom stereocenters. The van der Waals surface area contributed by atoms with Crippen LogP contribution in [0.4, 0.5) is 5.69 Å². The zero-order chi connectivity index (χ0) is 13.8. The Kier molecular flexibility index (Phi) is 4.45. The smallest absolute Gasteiger partial charge is 0.340 e. The molecule has 0 radical (unpaired) electrons. The van der Waals surface area contributed by atoms with Gasteiger partial charge in [-0.25, -0.2) is 4.79 Å². The Hall–Kier alpha value is -1.52. The average Bonchev–Trinajstić information content (AvgIpc) is 2.37. The monoisotopic (exact) mass is 339 g/mol. The molecule has 0 heterocycles. The number of esters is 1. The van der Waals surface area contributed by atoms with Gasteiger partial charge in [0, 0.05) is 20.7 Å². The molecule has 0 amide bonds. The molecule has 0 saturated heterocycles. The number of rotatable bonds is 3. The maximum Gasteiger partial charge on any atom is 0.340 e. The van der Waals surface area contributed by atoms with E-state index in [2.05, 4.69) is 15.9 Å². The molecule has 0 aliphatic rings. The van der Waals surface area contributed by atoms with Crippen molar-refractivity contribution < 1.29 is 9.53 Å². The molecule has 0 bridgehead atoms. The number of hydrogen-bond donors (Lipinski definition) is 1. The summed E-state index contributed by atoms with van der Waals surface area (Å²) in [6, 6.07) is 12.2. The minimum absolute atomic E-state index is 0.183. The summed E-state index contributed by atoms with van der Waals surface area (Å²) < 4.78 is 6.12. The molecule has 2 rings (SSSR count). The second-order valence-corrected chi connectivity index (χ2v) is 5.19. The van der Waals surface area contributed by atoms with Crippen molar-refractivity contribution in [1.82, 2.24) is 0 Å². The van der Waals surface area contributed by atoms with Crippen LogP contribution < -0.4 is 5.73 Å². The minimum Gasteiger partial charge on any atom is -0.457 e. The molecule has 0 aliphatic heterocycles. The first-order valence-corrected chi connectivity index (χ1v) is 6.70. The lowest BCUT2D eigenvalue weighted by Crippen LogP contribution is -2.08. The quantitative estimate of drug-likeness (QED) is 0.677. The number of nitrogen functional groups attached to an aromatic ring is 1. The molecule has 0 aliphatic carbocycles. The first-order chi connectivity index (χ1) is 9.08. The van der Waals surface area contributed by atoms with E-state index < -0.39 is 5.97 Å². The van der Waals surface area contributed by atoms with Gasteiger partial charge < -0.3 is 10.5 Å². The van der Waals surface area contributed by atoms with Crippen LogP contribution in [-0.2, 0) is 11.3 Å². The van der Waals surface area contributed by atoms with E-state index in [0.717, 1.165) is 10.0 Å². The van der Waals surface area contributed by atoms with Crippen LogP contribution in [0.5, 0.6) is 0 Å². The largest absolute Gasteiger partial charge is 0.457 e. The van der Waals surface area contributed by atoms with Gasteiger partial charge in [-0.1, -0.05) is 45.7 Å². The Labute approximate surface area is 124 Å². The highest BCUT2D eigenvalue weighted by molar-refractivity contribution is 9.10. The summed E-state index contributed by atoms with van der Waals surface area (Å²) in [6.07, 6.45) is 0. The zero-order valence-electron chi connectivity index (χ0n) is 9.90. The Morgan fingerprint density at radius 3 is 2.68 bits per heavy atom. The zero-order valence-corrected chi connectivity index (χ0v) is 12.2. The van der Waals surface area contributed by atoms with Crippen molar-refractivity contribution >= 4 is 39.2 Å². The fourth-order valence-electron chi connectivity index (χ4n) is 1.56. The van der Waals surface area contributed by atoms with Crippen molar-refractivity contribution in [1.29, 1.82) is 0 Å². The second-order valence-electron chi connectivity index (χ2n) is 3.90. The maximum absolute atomic E-state index is 11.9. The van der Waals surface area contributed by atoms with Crippen LogP contribution in [0.2, 0.25) is 5.02 Å². The van der Waals surface area contributed by atoms with Crippen LogP contribution in [0.15, 0.2) is 46.9 Å². The van der Waals surface area contributed by atoms with Gasteiger partial charge in [-0.15, -0.1) is 0 Å². The predicted molar refractivity (Wildman–Crippen MR) is 79.1 cm³/mol. The number of halogens is 2. The van der Waals surface area contributed by atoms with Crippen molar-refractivity contribution in [3.8, 4) is 0 Å². The third-order valence-corrected chi connectivity index (χ3v) is 3.56. The van der Waals surface area contributed by atoms with E-state index in [-0.39, 0.29) is 6.61 Å². The fourth-order valence-corrected chi connectivity index (χ4v) is 2.14. The van der Waals surface area contributed by atoms with Gasteiger partial charge in [0.15, 0.2) is 0 Å². The van der Waals surface area contributed by atoms with Crippen LogP contribution in [0.3, 0.4) is 0 Å². The van der Waals surface area contributed by atoms with Gasteiger partial charge in [-0.2, -0.15) is 0 Å². The molecule has 2 aromatic carbocycles. The third-order valence-electron chi connectivity index (χ3n) is 2.55. The van der Waals surface area contributed by atoms with Gasteiger partial charge in [0.2, 0.25) is 0 Å². The minimum atomic E-state index is -0.468. The molecule has 0 saturated carbocycles. The SMILES string of the molecule is Nc1cc(Cl)ccc1C(=O)OCc1ccccc1Br. The summed E-state index contributed by atoms with van der Waals surface area (Å²) in [4.78, 5) is 11.9. The van der Waals surface area contributed by atoms with E-state index in [1.807, 2.05) is 24.3 Å². The third kappa shape index (κ3) is 3.49. The summed E-state index contributed by atoms with van der Waals surface area (Å²) in [6.45, 7) is 0.183. The van der Waals surface area contributed by atoms with Gasteiger partial charge >= 0.3 is 5.97 Å². The molecule has 3 nitrogen and oxygen atoms in total. The van der Waals surface area contributed by atoms with Gasteiger partial charge in [-0.3, -0.25) is 0 Å². The lowest BCUT2D eigenvalue weighted by molar-refractivity contribution is 0.0473.